The molecule has 3 aromatic rings. The Morgan fingerprint density at radius 1 is 1.29 bits per heavy atom. The number of hydrogen-bond donors (Lipinski definition) is 0. The van der Waals surface area contributed by atoms with Crippen LogP contribution in [0.4, 0.5) is 0 Å². The van der Waals surface area contributed by atoms with Gasteiger partial charge in [0.05, 0.1) is 17.4 Å². The molecule has 2 aromatic heterocycles. The highest BCUT2D eigenvalue weighted by molar-refractivity contribution is 7.98. The van der Waals surface area contributed by atoms with E-state index in [-0.39, 0.29) is 11.9 Å². The van der Waals surface area contributed by atoms with Crippen molar-refractivity contribution < 1.29 is 18.7 Å². The lowest BCUT2D eigenvalue weighted by Gasteiger charge is -2.10. The number of nitrogens with zero attached hydrogens (tertiary/aromatic N) is 3. The molecule has 0 spiro atoms. The van der Waals surface area contributed by atoms with Gasteiger partial charge in [-0.2, -0.15) is 0 Å². The third-order valence-electron chi connectivity index (χ3n) is 3.53. The quantitative estimate of drug-likeness (QED) is 0.440. The number of hydrogen-bond acceptors (Lipinski definition) is 8. The van der Waals surface area contributed by atoms with Crippen LogP contribution in [0.2, 0.25) is 0 Å². The van der Waals surface area contributed by atoms with E-state index in [1.54, 1.807) is 35.2 Å². The van der Waals surface area contributed by atoms with Gasteiger partial charge in [0.1, 0.15) is 24.1 Å². The van der Waals surface area contributed by atoms with E-state index in [0.717, 1.165) is 6.26 Å². The van der Waals surface area contributed by atoms with E-state index in [9.17, 15) is 9.59 Å². The average Bonchev–Trinajstić information content (AvgIpc) is 3.07. The molecule has 0 atom stereocenters. The number of thioether (sulfide) groups is 1. The van der Waals surface area contributed by atoms with Gasteiger partial charge >= 0.3 is 5.97 Å². The number of rotatable bonds is 7. The minimum Gasteiger partial charge on any atom is -0.491 e. The van der Waals surface area contributed by atoms with Gasteiger partial charge in [0.15, 0.2) is 5.16 Å². The molecule has 9 heteroatoms. The Labute approximate surface area is 165 Å². The van der Waals surface area contributed by atoms with Crippen molar-refractivity contribution in [1.82, 2.24) is 14.8 Å². The van der Waals surface area contributed by atoms with E-state index in [4.69, 9.17) is 13.9 Å². The van der Waals surface area contributed by atoms with Crippen molar-refractivity contribution in [1.29, 1.82) is 0 Å². The molecule has 0 N–H and O–H groups in total. The number of aromatic nitrogens is 3. The second kappa shape index (κ2) is 8.75. The van der Waals surface area contributed by atoms with Crippen LogP contribution in [0.3, 0.4) is 0 Å². The highest BCUT2D eigenvalue weighted by Gasteiger charge is 2.13. The smallest absolute Gasteiger partial charge is 0.343 e. The van der Waals surface area contributed by atoms with E-state index in [1.165, 1.54) is 17.8 Å². The number of aryl methyl sites for hydroxylation is 1. The fraction of sp³-hybridized carbons (Fsp3) is 0.263. The first-order chi connectivity index (χ1) is 13.4. The van der Waals surface area contributed by atoms with Gasteiger partial charge in [0.2, 0.25) is 11.2 Å². The molecule has 0 aliphatic rings. The Balaban J connectivity index is 1.63. The van der Waals surface area contributed by atoms with Crippen LogP contribution < -0.4 is 14.9 Å². The highest BCUT2D eigenvalue weighted by Crippen LogP contribution is 2.20. The van der Waals surface area contributed by atoms with Crippen LogP contribution in [0.15, 0.2) is 57.3 Å². The Bertz CT molecular complexity index is 1010. The maximum Gasteiger partial charge on any atom is 0.343 e. The van der Waals surface area contributed by atoms with Crippen molar-refractivity contribution in [2.45, 2.75) is 30.9 Å². The summed E-state index contributed by atoms with van der Waals surface area (Å²) in [6.07, 6.45) is 2.76. The second-order valence-corrected chi connectivity index (χ2v) is 7.11. The van der Waals surface area contributed by atoms with E-state index in [1.807, 2.05) is 20.9 Å². The molecule has 0 radical (unpaired) electrons. The first-order valence-electron chi connectivity index (χ1n) is 8.50. The first kappa shape index (κ1) is 19.7. The highest BCUT2D eigenvalue weighted by atomic mass is 32.2. The van der Waals surface area contributed by atoms with E-state index in [0.29, 0.717) is 28.0 Å². The summed E-state index contributed by atoms with van der Waals surface area (Å²) in [7, 11) is 1.82. The summed E-state index contributed by atoms with van der Waals surface area (Å²) in [5, 5.41) is 8.42. The lowest BCUT2D eigenvalue weighted by atomic mass is 10.2. The third-order valence-corrected chi connectivity index (χ3v) is 4.59. The molecule has 2 heterocycles. The fourth-order valence-electron chi connectivity index (χ4n) is 2.23. The summed E-state index contributed by atoms with van der Waals surface area (Å²) in [5.41, 5.74) is -0.134. The SMILES string of the molecule is CC(C)Oc1ccc(C(=O)Oc2coc(CSc3nncn3C)cc2=O)cc1. The lowest BCUT2D eigenvalue weighted by molar-refractivity contribution is 0.0728. The molecule has 0 aliphatic carbocycles. The standard InChI is InChI=1S/C19H19N3O5S/c1-12(2)26-14-6-4-13(5-7-14)18(24)27-17-9-25-15(8-16(17)23)10-28-19-21-20-11-22(19)3/h4-9,11-12H,10H2,1-3H3. The van der Waals surface area contributed by atoms with Crippen LogP contribution in [0.25, 0.3) is 0 Å². The van der Waals surface area contributed by atoms with Gasteiger partial charge in [-0.05, 0) is 38.1 Å². The van der Waals surface area contributed by atoms with Gasteiger partial charge in [0.25, 0.3) is 0 Å². The van der Waals surface area contributed by atoms with Crippen LogP contribution in [0.5, 0.6) is 11.5 Å². The molecule has 0 saturated carbocycles. The zero-order chi connectivity index (χ0) is 20.1. The summed E-state index contributed by atoms with van der Waals surface area (Å²) in [5.74, 6) is 0.668. The van der Waals surface area contributed by atoms with Crippen molar-refractivity contribution in [2.75, 3.05) is 0 Å². The summed E-state index contributed by atoms with van der Waals surface area (Å²) < 4.78 is 17.8. The van der Waals surface area contributed by atoms with Crippen LogP contribution in [-0.4, -0.2) is 26.8 Å². The van der Waals surface area contributed by atoms with Gasteiger partial charge in [-0.1, -0.05) is 11.8 Å². The number of carbonyl (C=O) groups excluding carboxylic acids is 1. The average molecular weight is 401 g/mol. The van der Waals surface area contributed by atoms with Crippen LogP contribution >= 0.6 is 11.8 Å². The predicted molar refractivity (Wildman–Crippen MR) is 103 cm³/mol. The molecule has 0 bridgehead atoms. The number of esters is 1. The molecule has 0 fully saturated rings. The van der Waals surface area contributed by atoms with Crippen LogP contribution in [0.1, 0.15) is 30.0 Å². The van der Waals surface area contributed by atoms with Gasteiger partial charge in [-0.15, -0.1) is 10.2 Å². The Morgan fingerprint density at radius 3 is 2.64 bits per heavy atom. The minimum absolute atomic E-state index is 0.0350. The molecule has 1 aromatic carbocycles. The molecule has 28 heavy (non-hydrogen) atoms. The van der Waals surface area contributed by atoms with Gasteiger partial charge < -0.3 is 18.5 Å². The van der Waals surface area contributed by atoms with Crippen LogP contribution in [0, 0.1) is 0 Å². The number of ether oxygens (including phenoxy) is 2. The van der Waals surface area contributed by atoms with Gasteiger partial charge in [0, 0.05) is 13.1 Å². The van der Waals surface area contributed by atoms with E-state index in [2.05, 4.69) is 10.2 Å². The molecule has 146 valence electrons. The predicted octanol–water partition coefficient (Wildman–Crippen LogP) is 3.07. The molecular weight excluding hydrogens is 382 g/mol. The maximum absolute atomic E-state index is 12.2. The minimum atomic E-state index is -0.649. The summed E-state index contributed by atoms with van der Waals surface area (Å²) in [6.45, 7) is 3.83. The molecule has 3 rings (SSSR count). The monoisotopic (exact) mass is 401 g/mol. The van der Waals surface area contributed by atoms with Crippen molar-refractivity contribution in [3.8, 4) is 11.5 Å². The maximum atomic E-state index is 12.2. The molecular formula is C19H19N3O5S. The fourth-order valence-corrected chi connectivity index (χ4v) is 3.01. The molecule has 0 aliphatic heterocycles. The van der Waals surface area contributed by atoms with Crippen molar-refractivity contribution in [3.05, 3.63) is 64.5 Å². The Morgan fingerprint density at radius 2 is 2.04 bits per heavy atom. The topological polar surface area (TPSA) is 96.4 Å². The third kappa shape index (κ3) is 5.01. The zero-order valence-electron chi connectivity index (χ0n) is 15.6. The second-order valence-electron chi connectivity index (χ2n) is 6.17. The lowest BCUT2D eigenvalue weighted by Crippen LogP contribution is -2.14. The zero-order valence-corrected chi connectivity index (χ0v) is 16.4. The molecule has 8 nitrogen and oxygen atoms in total. The first-order valence-corrected chi connectivity index (χ1v) is 9.48. The molecule has 0 amide bonds. The summed E-state index contributed by atoms with van der Waals surface area (Å²) >= 11 is 1.37. The van der Waals surface area contributed by atoms with Crippen molar-refractivity contribution >= 4 is 17.7 Å². The van der Waals surface area contributed by atoms with Crippen LogP contribution in [-0.2, 0) is 12.8 Å². The van der Waals surface area contributed by atoms with E-state index >= 15 is 0 Å². The number of benzene rings is 1. The van der Waals surface area contributed by atoms with Gasteiger partial charge in [-0.3, -0.25) is 4.79 Å². The van der Waals surface area contributed by atoms with Gasteiger partial charge in [-0.25, -0.2) is 4.79 Å². The molecule has 0 unspecified atom stereocenters. The van der Waals surface area contributed by atoms with E-state index < -0.39 is 11.4 Å². The molecule has 0 saturated heterocycles. The van der Waals surface area contributed by atoms with Crippen molar-refractivity contribution in [2.24, 2.45) is 7.05 Å². The normalized spacial score (nSPS) is 10.9. The largest absolute Gasteiger partial charge is 0.491 e. The Kier molecular flexibility index (Phi) is 6.15. The van der Waals surface area contributed by atoms with Crippen molar-refractivity contribution in [3.63, 3.8) is 0 Å². The Hall–Kier alpha value is -3.07. The number of carbonyl (C=O) groups is 1. The summed E-state index contributed by atoms with van der Waals surface area (Å²) in [6, 6.07) is 7.80. The summed E-state index contributed by atoms with van der Waals surface area (Å²) in [4.78, 5) is 24.4.